The fourth-order valence-electron chi connectivity index (χ4n) is 2.50. The molecule has 1 amide bonds. The van der Waals surface area contributed by atoms with Crippen LogP contribution in [0.5, 0.6) is 0 Å². The lowest BCUT2D eigenvalue weighted by molar-refractivity contribution is 0.102. The van der Waals surface area contributed by atoms with Crippen LogP contribution in [0.25, 0.3) is 16.3 Å². The molecule has 3 heterocycles. The summed E-state index contributed by atoms with van der Waals surface area (Å²) in [6, 6.07) is 7.49. The van der Waals surface area contributed by atoms with Gasteiger partial charge < -0.3 is 5.32 Å². The van der Waals surface area contributed by atoms with Crippen molar-refractivity contribution in [2.45, 2.75) is 6.92 Å². The number of hydrogen-bond acceptors (Lipinski definition) is 5. The average molecular weight is 338 g/mol. The van der Waals surface area contributed by atoms with Crippen LogP contribution in [0.4, 0.5) is 5.69 Å². The molecule has 0 aliphatic rings. The van der Waals surface area contributed by atoms with Crippen LogP contribution in [-0.2, 0) is 7.05 Å². The van der Waals surface area contributed by atoms with Crippen molar-refractivity contribution < 1.29 is 4.79 Å². The summed E-state index contributed by atoms with van der Waals surface area (Å²) in [6.07, 6.45) is 5.22. The number of hydrogen-bond donors (Lipinski definition) is 1. The number of nitrogens with zero attached hydrogens (tertiary/aromatic N) is 5. The van der Waals surface area contributed by atoms with Crippen molar-refractivity contribution in [1.82, 2.24) is 24.1 Å². The molecule has 24 heavy (non-hydrogen) atoms. The van der Waals surface area contributed by atoms with Crippen LogP contribution in [0.2, 0.25) is 0 Å². The third kappa shape index (κ3) is 2.46. The Kier molecular flexibility index (Phi) is 3.39. The van der Waals surface area contributed by atoms with Gasteiger partial charge >= 0.3 is 0 Å². The third-order valence-electron chi connectivity index (χ3n) is 3.67. The van der Waals surface area contributed by atoms with E-state index in [1.807, 2.05) is 48.8 Å². The van der Waals surface area contributed by atoms with E-state index in [1.54, 1.807) is 17.2 Å². The number of thiazole rings is 1. The molecule has 3 aromatic heterocycles. The zero-order chi connectivity index (χ0) is 16.7. The highest BCUT2D eigenvalue weighted by Crippen LogP contribution is 2.24. The van der Waals surface area contributed by atoms with E-state index in [4.69, 9.17) is 0 Å². The first-order valence-corrected chi connectivity index (χ1v) is 8.13. The number of rotatable bonds is 3. The highest BCUT2D eigenvalue weighted by atomic mass is 32.1. The van der Waals surface area contributed by atoms with Gasteiger partial charge in [-0.3, -0.25) is 13.9 Å². The van der Waals surface area contributed by atoms with Crippen LogP contribution in [0.1, 0.15) is 15.4 Å². The first-order chi connectivity index (χ1) is 11.6. The number of nitrogens with one attached hydrogen (secondary N) is 1. The summed E-state index contributed by atoms with van der Waals surface area (Å²) < 4.78 is 3.55. The molecular formula is C16H14N6OS. The van der Waals surface area contributed by atoms with Crippen molar-refractivity contribution in [1.29, 1.82) is 0 Å². The molecule has 120 valence electrons. The van der Waals surface area contributed by atoms with Crippen molar-refractivity contribution in [3.63, 3.8) is 0 Å². The highest BCUT2D eigenvalue weighted by molar-refractivity contribution is 7.19. The van der Waals surface area contributed by atoms with Gasteiger partial charge in [-0.15, -0.1) is 0 Å². The van der Waals surface area contributed by atoms with Crippen LogP contribution in [0.3, 0.4) is 0 Å². The minimum Gasteiger partial charge on any atom is -0.321 e. The monoisotopic (exact) mass is 338 g/mol. The van der Waals surface area contributed by atoms with E-state index in [9.17, 15) is 4.79 Å². The van der Waals surface area contributed by atoms with E-state index in [0.29, 0.717) is 16.4 Å². The first-order valence-electron chi connectivity index (χ1n) is 7.32. The van der Waals surface area contributed by atoms with E-state index in [-0.39, 0.29) is 5.91 Å². The van der Waals surface area contributed by atoms with Gasteiger partial charge in [-0.2, -0.15) is 5.10 Å². The second-order valence-corrected chi connectivity index (χ2v) is 6.35. The topological polar surface area (TPSA) is 77.1 Å². The highest BCUT2D eigenvalue weighted by Gasteiger charge is 2.16. The second-order valence-electron chi connectivity index (χ2n) is 5.37. The molecule has 4 aromatic rings. The largest absolute Gasteiger partial charge is 0.321 e. The summed E-state index contributed by atoms with van der Waals surface area (Å²) in [5.41, 5.74) is 2.44. The summed E-state index contributed by atoms with van der Waals surface area (Å²) in [5, 5.41) is 7.21. The Morgan fingerprint density at radius 3 is 2.92 bits per heavy atom. The van der Waals surface area contributed by atoms with Gasteiger partial charge in [0.05, 0.1) is 0 Å². The number of aryl methyl sites for hydroxylation is 2. The average Bonchev–Trinajstić information content (AvgIpc) is 3.26. The van der Waals surface area contributed by atoms with E-state index in [2.05, 4.69) is 20.4 Å². The first kappa shape index (κ1) is 14.6. The number of fused-ring (bicyclic) bond motifs is 1. The minimum absolute atomic E-state index is 0.144. The molecule has 8 heteroatoms. The molecule has 1 N–H and O–H groups in total. The minimum atomic E-state index is -0.144. The second kappa shape index (κ2) is 5.57. The molecule has 0 aliphatic heterocycles. The van der Waals surface area contributed by atoms with Gasteiger partial charge in [0.15, 0.2) is 10.8 Å². The van der Waals surface area contributed by atoms with Crippen molar-refractivity contribution in [2.24, 2.45) is 7.05 Å². The fraction of sp³-hybridized carbons (Fsp3) is 0.125. The molecule has 0 saturated heterocycles. The molecule has 0 spiro atoms. The number of anilines is 1. The van der Waals surface area contributed by atoms with Gasteiger partial charge in [0.2, 0.25) is 0 Å². The van der Waals surface area contributed by atoms with Crippen molar-refractivity contribution in [2.75, 3.05) is 5.32 Å². The summed E-state index contributed by atoms with van der Waals surface area (Å²) >= 11 is 1.37. The third-order valence-corrected chi connectivity index (χ3v) is 4.84. The number of amides is 1. The van der Waals surface area contributed by atoms with Crippen molar-refractivity contribution >= 4 is 27.9 Å². The molecule has 7 nitrogen and oxygen atoms in total. The van der Waals surface area contributed by atoms with Gasteiger partial charge in [0, 0.05) is 36.4 Å². The van der Waals surface area contributed by atoms with Gasteiger partial charge in [0.25, 0.3) is 5.91 Å². The SMILES string of the molecule is Cc1c(C(=O)Nc2cccc(-c3ncn(C)n3)c2)sc2nccn12. The Labute approximate surface area is 141 Å². The van der Waals surface area contributed by atoms with Gasteiger partial charge in [0.1, 0.15) is 11.2 Å². The Hall–Kier alpha value is -3.00. The van der Waals surface area contributed by atoms with Gasteiger partial charge in [-0.1, -0.05) is 23.5 Å². The Bertz CT molecular complexity index is 1040. The quantitative estimate of drug-likeness (QED) is 0.623. The number of imidazole rings is 1. The smallest absolute Gasteiger partial charge is 0.267 e. The molecule has 0 radical (unpaired) electrons. The van der Waals surface area contributed by atoms with Crippen LogP contribution in [-0.4, -0.2) is 30.1 Å². The lowest BCUT2D eigenvalue weighted by Gasteiger charge is -2.05. The van der Waals surface area contributed by atoms with E-state index in [1.165, 1.54) is 11.3 Å². The lowest BCUT2D eigenvalue weighted by atomic mass is 10.2. The molecule has 4 rings (SSSR count). The maximum atomic E-state index is 12.6. The molecule has 0 fully saturated rings. The van der Waals surface area contributed by atoms with Gasteiger partial charge in [-0.25, -0.2) is 9.97 Å². The molecule has 0 aliphatic carbocycles. The van der Waals surface area contributed by atoms with Crippen LogP contribution in [0, 0.1) is 6.92 Å². The summed E-state index contributed by atoms with van der Waals surface area (Å²) in [5.74, 6) is 0.480. The molecule has 0 bridgehead atoms. The number of carbonyl (C=O) groups is 1. The zero-order valence-electron chi connectivity index (χ0n) is 13.1. The Balaban J connectivity index is 1.62. The summed E-state index contributed by atoms with van der Waals surface area (Å²) in [7, 11) is 1.82. The molecule has 0 unspecified atom stereocenters. The predicted molar refractivity (Wildman–Crippen MR) is 92.2 cm³/mol. The van der Waals surface area contributed by atoms with E-state index >= 15 is 0 Å². The zero-order valence-corrected chi connectivity index (χ0v) is 13.9. The number of benzene rings is 1. The maximum absolute atomic E-state index is 12.6. The number of aromatic nitrogens is 5. The molecule has 0 atom stereocenters. The summed E-state index contributed by atoms with van der Waals surface area (Å²) in [4.78, 5) is 22.5. The fourth-order valence-corrected chi connectivity index (χ4v) is 3.48. The molecule has 0 saturated carbocycles. The predicted octanol–water partition coefficient (Wildman–Crippen LogP) is 2.75. The van der Waals surface area contributed by atoms with Crippen LogP contribution >= 0.6 is 11.3 Å². The van der Waals surface area contributed by atoms with Crippen LogP contribution < -0.4 is 5.32 Å². The maximum Gasteiger partial charge on any atom is 0.267 e. The lowest BCUT2D eigenvalue weighted by Crippen LogP contribution is -2.11. The van der Waals surface area contributed by atoms with Crippen LogP contribution in [0.15, 0.2) is 43.0 Å². The Morgan fingerprint density at radius 1 is 1.29 bits per heavy atom. The standard InChI is InChI=1S/C16H14N6OS/c1-10-13(24-16-17-6-7-22(10)16)15(23)19-12-5-3-4-11(8-12)14-18-9-21(2)20-14/h3-9H,1-2H3,(H,19,23). The van der Waals surface area contributed by atoms with Crippen molar-refractivity contribution in [3.8, 4) is 11.4 Å². The molecular weight excluding hydrogens is 324 g/mol. The Morgan fingerprint density at radius 2 is 2.17 bits per heavy atom. The molecule has 1 aromatic carbocycles. The number of carbonyl (C=O) groups excluding carboxylic acids is 1. The summed E-state index contributed by atoms with van der Waals surface area (Å²) in [6.45, 7) is 1.91. The normalized spacial score (nSPS) is 11.1. The van der Waals surface area contributed by atoms with E-state index < -0.39 is 0 Å². The van der Waals surface area contributed by atoms with Gasteiger partial charge in [-0.05, 0) is 19.1 Å². The van der Waals surface area contributed by atoms with E-state index in [0.717, 1.165) is 16.2 Å². The van der Waals surface area contributed by atoms with Crippen molar-refractivity contribution in [3.05, 3.63) is 53.6 Å².